The molecule has 0 unspecified atom stereocenters. The quantitative estimate of drug-likeness (QED) is 0.657. The number of hydrogen-bond donors (Lipinski definition) is 1. The lowest BCUT2D eigenvalue weighted by molar-refractivity contribution is -0.125. The molecule has 0 aliphatic heterocycles. The number of rotatable bonds is 9. The Labute approximate surface area is 172 Å². The molecule has 0 fully saturated rings. The number of likely N-dealkylation sites (N-methyl/N-ethyl adjacent to an activating group) is 1. The van der Waals surface area contributed by atoms with Crippen molar-refractivity contribution in [2.45, 2.75) is 18.7 Å². The van der Waals surface area contributed by atoms with Crippen molar-refractivity contribution < 1.29 is 9.59 Å². The molecule has 150 valence electrons. The number of benzene rings is 2. The summed E-state index contributed by atoms with van der Waals surface area (Å²) in [7, 11) is 3.46. The highest BCUT2D eigenvalue weighted by Crippen LogP contribution is 2.23. The third-order valence-electron chi connectivity index (χ3n) is 4.40. The molecule has 2 aromatic rings. The van der Waals surface area contributed by atoms with E-state index in [4.69, 9.17) is 0 Å². The molecule has 0 radical (unpaired) electrons. The average molecular weight is 400 g/mol. The summed E-state index contributed by atoms with van der Waals surface area (Å²) >= 11 is 1.39. The van der Waals surface area contributed by atoms with Crippen LogP contribution >= 0.6 is 11.8 Å². The molecule has 0 aromatic heterocycles. The number of carbonyl (C=O) groups excluding carboxylic acids is 2. The van der Waals surface area contributed by atoms with Gasteiger partial charge in [0.1, 0.15) is 0 Å². The Kier molecular flexibility index (Phi) is 8.39. The van der Waals surface area contributed by atoms with Crippen molar-refractivity contribution in [1.82, 2.24) is 10.2 Å². The highest BCUT2D eigenvalue weighted by Gasteiger charge is 2.13. The van der Waals surface area contributed by atoms with Crippen LogP contribution in [-0.2, 0) is 4.79 Å². The fraction of sp³-hybridized carbons (Fsp3) is 0.364. The van der Waals surface area contributed by atoms with E-state index in [9.17, 15) is 9.59 Å². The predicted molar refractivity (Wildman–Crippen MR) is 117 cm³/mol. The Morgan fingerprint density at radius 2 is 1.82 bits per heavy atom. The van der Waals surface area contributed by atoms with Crippen LogP contribution in [0.15, 0.2) is 53.4 Å². The lowest BCUT2D eigenvalue weighted by Gasteiger charge is -2.23. The molecule has 2 rings (SSSR count). The van der Waals surface area contributed by atoms with Crippen LogP contribution in [0.2, 0.25) is 0 Å². The van der Waals surface area contributed by atoms with E-state index < -0.39 is 0 Å². The first-order valence-electron chi connectivity index (χ1n) is 9.44. The van der Waals surface area contributed by atoms with E-state index in [1.807, 2.05) is 24.3 Å². The molecule has 2 amide bonds. The zero-order chi connectivity index (χ0) is 20.5. The molecular weight excluding hydrogens is 370 g/mol. The Hall–Kier alpha value is -2.47. The van der Waals surface area contributed by atoms with Crippen LogP contribution < -0.4 is 10.2 Å². The highest BCUT2D eigenvalue weighted by molar-refractivity contribution is 8.00. The number of anilines is 1. The third kappa shape index (κ3) is 6.30. The van der Waals surface area contributed by atoms with Crippen molar-refractivity contribution >= 4 is 29.3 Å². The van der Waals surface area contributed by atoms with Gasteiger partial charge in [-0.15, -0.1) is 11.8 Å². The number of thioether (sulfide) groups is 1. The molecular formula is C22H29N3O2S. The highest BCUT2D eigenvalue weighted by atomic mass is 32.2. The number of amides is 2. The maximum absolute atomic E-state index is 12.7. The summed E-state index contributed by atoms with van der Waals surface area (Å²) in [5, 5.41) is 3.01. The van der Waals surface area contributed by atoms with Crippen LogP contribution in [0.3, 0.4) is 0 Å². The Morgan fingerprint density at radius 1 is 1.07 bits per heavy atom. The fourth-order valence-corrected chi connectivity index (χ4v) is 3.77. The van der Waals surface area contributed by atoms with Gasteiger partial charge in [-0.25, -0.2) is 0 Å². The third-order valence-corrected chi connectivity index (χ3v) is 5.46. The van der Waals surface area contributed by atoms with Gasteiger partial charge in [-0.2, -0.15) is 0 Å². The van der Waals surface area contributed by atoms with Crippen LogP contribution in [0.5, 0.6) is 0 Å². The smallest absolute Gasteiger partial charge is 0.252 e. The molecule has 0 heterocycles. The Balaban J connectivity index is 1.95. The minimum Gasteiger partial charge on any atom is -0.370 e. The van der Waals surface area contributed by atoms with E-state index in [0.29, 0.717) is 17.9 Å². The number of nitrogens with one attached hydrogen (secondary N) is 1. The van der Waals surface area contributed by atoms with Crippen LogP contribution in [0.1, 0.15) is 22.8 Å². The van der Waals surface area contributed by atoms with Crippen molar-refractivity contribution in [3.63, 3.8) is 0 Å². The second-order valence-corrected chi connectivity index (χ2v) is 7.76. The van der Waals surface area contributed by atoms with Crippen LogP contribution in [-0.4, -0.2) is 56.2 Å². The monoisotopic (exact) mass is 399 g/mol. The van der Waals surface area contributed by atoms with Gasteiger partial charge in [-0.1, -0.05) is 24.3 Å². The van der Waals surface area contributed by atoms with Crippen LogP contribution in [0.4, 0.5) is 5.69 Å². The van der Waals surface area contributed by atoms with E-state index in [2.05, 4.69) is 42.3 Å². The largest absolute Gasteiger partial charge is 0.370 e. The number of hydrogen-bond acceptors (Lipinski definition) is 4. The molecule has 0 saturated carbocycles. The first-order valence-corrected chi connectivity index (χ1v) is 10.4. The Bertz CT molecular complexity index is 808. The second kappa shape index (κ2) is 10.8. The summed E-state index contributed by atoms with van der Waals surface area (Å²) < 4.78 is 0. The first-order chi connectivity index (χ1) is 13.4. The summed E-state index contributed by atoms with van der Waals surface area (Å²) in [6, 6.07) is 15.8. The van der Waals surface area contributed by atoms with E-state index >= 15 is 0 Å². The van der Waals surface area contributed by atoms with Crippen LogP contribution in [0.25, 0.3) is 0 Å². The molecule has 0 aliphatic rings. The number of nitrogens with zero attached hydrogens (tertiary/aromatic N) is 2. The molecule has 6 heteroatoms. The van der Waals surface area contributed by atoms with Gasteiger partial charge in [0.2, 0.25) is 5.91 Å². The summed E-state index contributed by atoms with van der Waals surface area (Å²) in [6.45, 7) is 6.35. The van der Waals surface area contributed by atoms with Crippen molar-refractivity contribution in [2.75, 3.05) is 44.4 Å². The summed E-state index contributed by atoms with van der Waals surface area (Å²) in [6.07, 6.45) is 0. The maximum Gasteiger partial charge on any atom is 0.252 e. The molecule has 1 N–H and O–H groups in total. The fourth-order valence-electron chi connectivity index (χ4n) is 2.74. The van der Waals surface area contributed by atoms with Gasteiger partial charge in [0.05, 0.1) is 11.3 Å². The molecule has 28 heavy (non-hydrogen) atoms. The zero-order valence-corrected chi connectivity index (χ0v) is 17.9. The molecule has 0 aliphatic carbocycles. The molecule has 5 nitrogen and oxygen atoms in total. The van der Waals surface area contributed by atoms with Gasteiger partial charge in [-0.05, 0) is 43.7 Å². The van der Waals surface area contributed by atoms with E-state index in [1.165, 1.54) is 17.3 Å². The summed E-state index contributed by atoms with van der Waals surface area (Å²) in [4.78, 5) is 29.1. The van der Waals surface area contributed by atoms with E-state index in [0.717, 1.165) is 23.7 Å². The van der Waals surface area contributed by atoms with E-state index in [-0.39, 0.29) is 11.8 Å². The average Bonchev–Trinajstić information content (AvgIpc) is 2.69. The summed E-state index contributed by atoms with van der Waals surface area (Å²) in [5.74, 6) is 0.228. The van der Waals surface area contributed by atoms with Gasteiger partial charge in [0.25, 0.3) is 5.91 Å². The van der Waals surface area contributed by atoms with Gasteiger partial charge in [0, 0.05) is 44.3 Å². The lowest BCUT2D eigenvalue weighted by atomic mass is 10.2. The van der Waals surface area contributed by atoms with Crippen molar-refractivity contribution in [3.8, 4) is 0 Å². The molecule has 0 spiro atoms. The predicted octanol–water partition coefficient (Wildman–Crippen LogP) is 3.43. The molecule has 0 saturated heterocycles. The maximum atomic E-state index is 12.7. The SMILES string of the molecule is CCN(CCNC(=O)c1ccccc1SCC(=O)N(C)C)c1cccc(C)c1. The normalized spacial score (nSPS) is 10.4. The standard InChI is InChI=1S/C22H29N3O2S/c1-5-25(18-10-8-9-17(2)15-18)14-13-23-22(27)19-11-6-7-12-20(19)28-16-21(26)24(3)4/h6-12,15H,5,13-14,16H2,1-4H3,(H,23,27). The van der Waals surface area contributed by atoms with Crippen molar-refractivity contribution in [2.24, 2.45) is 0 Å². The van der Waals surface area contributed by atoms with Crippen LogP contribution in [0, 0.1) is 6.92 Å². The minimum atomic E-state index is -0.110. The lowest BCUT2D eigenvalue weighted by Crippen LogP contribution is -2.35. The van der Waals surface area contributed by atoms with Gasteiger partial charge >= 0.3 is 0 Å². The minimum absolute atomic E-state index is 0.0250. The number of aryl methyl sites for hydroxylation is 1. The van der Waals surface area contributed by atoms with Crippen molar-refractivity contribution in [1.29, 1.82) is 0 Å². The topological polar surface area (TPSA) is 52.7 Å². The van der Waals surface area contributed by atoms with Crippen molar-refractivity contribution in [3.05, 3.63) is 59.7 Å². The molecule has 0 atom stereocenters. The summed E-state index contributed by atoms with van der Waals surface area (Å²) in [5.41, 5.74) is 2.99. The molecule has 2 aromatic carbocycles. The van der Waals surface area contributed by atoms with E-state index in [1.54, 1.807) is 25.1 Å². The van der Waals surface area contributed by atoms with Gasteiger partial charge < -0.3 is 15.1 Å². The van der Waals surface area contributed by atoms with Gasteiger partial charge in [-0.3, -0.25) is 9.59 Å². The number of carbonyl (C=O) groups is 2. The van der Waals surface area contributed by atoms with Gasteiger partial charge in [0.15, 0.2) is 0 Å². The zero-order valence-electron chi connectivity index (χ0n) is 17.1. The Morgan fingerprint density at radius 3 is 2.50 bits per heavy atom. The molecule has 0 bridgehead atoms. The first kappa shape index (κ1) is 21.8. The second-order valence-electron chi connectivity index (χ2n) is 6.75.